The molecular formula is C23H29NO3. The van der Waals surface area contributed by atoms with Gasteiger partial charge in [0, 0.05) is 18.3 Å². The Morgan fingerprint density at radius 3 is 2.33 bits per heavy atom. The standard InChI is InChI=1S/C23H29NO3/c1-5-14-27-23-17(7-3)15-16(6-2)22(26)20(23)12-13-21(25)18-8-10-19(24-4)11-9-18/h8-13,15,24,26H,5-7,14H2,1-4H3/b13-12+. The fraction of sp³-hybridized carbons (Fsp3) is 0.348. The summed E-state index contributed by atoms with van der Waals surface area (Å²) in [5, 5.41) is 13.7. The summed E-state index contributed by atoms with van der Waals surface area (Å²) >= 11 is 0. The molecule has 27 heavy (non-hydrogen) atoms. The van der Waals surface area contributed by atoms with Crippen molar-refractivity contribution < 1.29 is 14.6 Å². The van der Waals surface area contributed by atoms with E-state index in [0.717, 1.165) is 29.7 Å². The molecule has 0 saturated heterocycles. The maximum atomic E-state index is 12.5. The largest absolute Gasteiger partial charge is 0.507 e. The molecule has 0 spiro atoms. The number of carbonyl (C=O) groups is 1. The van der Waals surface area contributed by atoms with Gasteiger partial charge in [-0.3, -0.25) is 4.79 Å². The van der Waals surface area contributed by atoms with Crippen LogP contribution < -0.4 is 10.1 Å². The van der Waals surface area contributed by atoms with Gasteiger partial charge in [-0.25, -0.2) is 0 Å². The van der Waals surface area contributed by atoms with Crippen molar-refractivity contribution in [3.8, 4) is 11.5 Å². The Morgan fingerprint density at radius 1 is 1.11 bits per heavy atom. The lowest BCUT2D eigenvalue weighted by Crippen LogP contribution is -2.03. The topological polar surface area (TPSA) is 58.6 Å². The average molecular weight is 367 g/mol. The van der Waals surface area contributed by atoms with Crippen molar-refractivity contribution in [2.45, 2.75) is 40.0 Å². The Kier molecular flexibility index (Phi) is 7.47. The van der Waals surface area contributed by atoms with Crippen LogP contribution in [0, 0.1) is 0 Å². The summed E-state index contributed by atoms with van der Waals surface area (Å²) in [7, 11) is 1.84. The number of carbonyl (C=O) groups excluding carboxylic acids is 1. The van der Waals surface area contributed by atoms with Crippen LogP contribution >= 0.6 is 0 Å². The number of phenols is 1. The van der Waals surface area contributed by atoms with E-state index in [2.05, 4.69) is 12.2 Å². The molecule has 0 aromatic heterocycles. The second-order valence-corrected chi connectivity index (χ2v) is 6.37. The molecule has 2 aromatic carbocycles. The van der Waals surface area contributed by atoms with Crippen LogP contribution in [0.2, 0.25) is 0 Å². The van der Waals surface area contributed by atoms with E-state index >= 15 is 0 Å². The first-order valence-corrected chi connectivity index (χ1v) is 9.56. The summed E-state index contributed by atoms with van der Waals surface area (Å²) in [6.45, 7) is 6.67. The predicted octanol–water partition coefficient (Wildman–Crippen LogP) is 5.24. The van der Waals surface area contributed by atoms with Gasteiger partial charge in [0.15, 0.2) is 5.78 Å². The molecule has 0 atom stereocenters. The van der Waals surface area contributed by atoms with E-state index in [-0.39, 0.29) is 11.5 Å². The molecule has 0 fully saturated rings. The van der Waals surface area contributed by atoms with Crippen LogP contribution in [0.1, 0.15) is 54.2 Å². The maximum absolute atomic E-state index is 12.5. The highest BCUT2D eigenvalue weighted by Gasteiger charge is 2.16. The van der Waals surface area contributed by atoms with Gasteiger partial charge in [-0.2, -0.15) is 0 Å². The van der Waals surface area contributed by atoms with Crippen molar-refractivity contribution in [3.63, 3.8) is 0 Å². The third-order valence-corrected chi connectivity index (χ3v) is 4.52. The summed E-state index contributed by atoms with van der Waals surface area (Å²) in [5.41, 5.74) is 4.04. The molecule has 0 heterocycles. The molecular weight excluding hydrogens is 338 g/mol. The number of hydrogen-bond donors (Lipinski definition) is 2. The molecule has 144 valence electrons. The number of ketones is 1. The summed E-state index contributed by atoms with van der Waals surface area (Å²) in [6, 6.07) is 9.29. The van der Waals surface area contributed by atoms with Gasteiger partial charge < -0.3 is 15.2 Å². The molecule has 0 aliphatic heterocycles. The first kappa shape index (κ1) is 20.6. The molecule has 4 nitrogen and oxygen atoms in total. The molecule has 4 heteroatoms. The lowest BCUT2D eigenvalue weighted by molar-refractivity contribution is 0.104. The van der Waals surface area contributed by atoms with Gasteiger partial charge in [-0.05, 0) is 72.9 Å². The molecule has 0 amide bonds. The van der Waals surface area contributed by atoms with Crippen LogP contribution in [0.15, 0.2) is 36.4 Å². The monoisotopic (exact) mass is 367 g/mol. The first-order chi connectivity index (χ1) is 13.0. The van der Waals surface area contributed by atoms with Crippen LogP contribution in [-0.2, 0) is 12.8 Å². The van der Waals surface area contributed by atoms with Crippen LogP contribution in [0.5, 0.6) is 11.5 Å². The second-order valence-electron chi connectivity index (χ2n) is 6.37. The van der Waals surface area contributed by atoms with E-state index in [1.807, 2.05) is 39.1 Å². The van der Waals surface area contributed by atoms with Crippen LogP contribution in [-0.4, -0.2) is 24.5 Å². The predicted molar refractivity (Wildman–Crippen MR) is 112 cm³/mol. The normalized spacial score (nSPS) is 11.0. The van der Waals surface area contributed by atoms with Crippen LogP contribution in [0.4, 0.5) is 5.69 Å². The summed E-state index contributed by atoms with van der Waals surface area (Å²) in [4.78, 5) is 12.5. The molecule has 0 aliphatic carbocycles. The molecule has 0 aliphatic rings. The third-order valence-electron chi connectivity index (χ3n) is 4.52. The van der Waals surface area contributed by atoms with Crippen LogP contribution in [0.25, 0.3) is 6.08 Å². The quantitative estimate of drug-likeness (QED) is 0.470. The summed E-state index contributed by atoms with van der Waals surface area (Å²) in [5.74, 6) is 0.748. The molecule has 0 radical (unpaired) electrons. The SMILES string of the molecule is CCCOc1c(CC)cc(CC)c(O)c1/C=C/C(=O)c1ccc(NC)cc1. The Balaban J connectivity index is 2.41. The zero-order chi connectivity index (χ0) is 19.8. The van der Waals surface area contributed by atoms with Gasteiger partial charge in [0.1, 0.15) is 11.5 Å². The average Bonchev–Trinajstić information content (AvgIpc) is 2.71. The smallest absolute Gasteiger partial charge is 0.185 e. The number of hydrogen-bond acceptors (Lipinski definition) is 4. The molecule has 2 rings (SSSR count). The van der Waals surface area contributed by atoms with Crippen LogP contribution in [0.3, 0.4) is 0 Å². The van der Waals surface area contributed by atoms with Gasteiger partial charge in [-0.15, -0.1) is 0 Å². The lowest BCUT2D eigenvalue weighted by atomic mass is 9.98. The van der Waals surface area contributed by atoms with E-state index in [4.69, 9.17) is 4.74 Å². The molecule has 2 N–H and O–H groups in total. The van der Waals surface area contributed by atoms with Crippen molar-refractivity contribution in [2.24, 2.45) is 0 Å². The Morgan fingerprint density at radius 2 is 1.78 bits per heavy atom. The number of phenolic OH excluding ortho intramolecular Hbond substituents is 1. The second kappa shape index (κ2) is 9.81. The zero-order valence-corrected chi connectivity index (χ0v) is 16.6. The third kappa shape index (κ3) is 4.91. The number of aryl methyl sites for hydroxylation is 2. The number of aromatic hydroxyl groups is 1. The number of ether oxygens (including phenoxy) is 1. The number of rotatable bonds is 9. The van der Waals surface area contributed by atoms with Gasteiger partial charge in [-0.1, -0.05) is 20.8 Å². The van der Waals surface area contributed by atoms with E-state index in [9.17, 15) is 9.90 Å². The minimum absolute atomic E-state index is 0.113. The fourth-order valence-corrected chi connectivity index (χ4v) is 2.92. The van der Waals surface area contributed by atoms with Crippen molar-refractivity contribution in [3.05, 3.63) is 58.7 Å². The highest BCUT2D eigenvalue weighted by molar-refractivity contribution is 6.07. The number of allylic oxidation sites excluding steroid dienone is 1. The lowest BCUT2D eigenvalue weighted by Gasteiger charge is -2.17. The minimum Gasteiger partial charge on any atom is -0.507 e. The van der Waals surface area contributed by atoms with Gasteiger partial charge >= 0.3 is 0 Å². The number of benzene rings is 2. The zero-order valence-electron chi connectivity index (χ0n) is 16.6. The number of nitrogens with one attached hydrogen (secondary N) is 1. The van der Waals surface area contributed by atoms with E-state index in [1.54, 1.807) is 18.2 Å². The molecule has 2 aromatic rings. The van der Waals surface area contributed by atoms with E-state index in [0.29, 0.717) is 29.9 Å². The fourth-order valence-electron chi connectivity index (χ4n) is 2.92. The highest BCUT2D eigenvalue weighted by atomic mass is 16.5. The molecule has 0 unspecified atom stereocenters. The first-order valence-electron chi connectivity index (χ1n) is 9.56. The number of anilines is 1. The van der Waals surface area contributed by atoms with Gasteiger partial charge in [0.05, 0.1) is 12.2 Å². The van der Waals surface area contributed by atoms with Crippen molar-refractivity contribution in [1.82, 2.24) is 0 Å². The van der Waals surface area contributed by atoms with E-state index in [1.165, 1.54) is 6.08 Å². The summed E-state index contributed by atoms with van der Waals surface area (Å²) < 4.78 is 5.93. The molecule has 0 saturated carbocycles. The van der Waals surface area contributed by atoms with Gasteiger partial charge in [0.25, 0.3) is 0 Å². The van der Waals surface area contributed by atoms with E-state index < -0.39 is 0 Å². The Bertz CT molecular complexity index is 807. The van der Waals surface area contributed by atoms with Crippen molar-refractivity contribution >= 4 is 17.5 Å². The Labute approximate surface area is 161 Å². The Hall–Kier alpha value is -2.75. The minimum atomic E-state index is -0.113. The highest BCUT2D eigenvalue weighted by Crippen LogP contribution is 2.37. The summed E-state index contributed by atoms with van der Waals surface area (Å²) in [6.07, 6.45) is 5.56. The maximum Gasteiger partial charge on any atom is 0.185 e. The van der Waals surface area contributed by atoms with Crippen molar-refractivity contribution in [1.29, 1.82) is 0 Å². The van der Waals surface area contributed by atoms with Gasteiger partial charge in [0.2, 0.25) is 0 Å². The van der Waals surface area contributed by atoms with Crippen molar-refractivity contribution in [2.75, 3.05) is 19.0 Å². The molecule has 0 bridgehead atoms.